The third kappa shape index (κ3) is 5.70. The Morgan fingerprint density at radius 3 is 2.77 bits per heavy atom. The van der Waals surface area contributed by atoms with Gasteiger partial charge >= 0.3 is 6.01 Å². The lowest BCUT2D eigenvalue weighted by molar-refractivity contribution is 0.122. The van der Waals surface area contributed by atoms with E-state index in [1.807, 2.05) is 54.7 Å². The maximum absolute atomic E-state index is 5.94. The van der Waals surface area contributed by atoms with Crippen molar-refractivity contribution in [2.45, 2.75) is 6.42 Å². The summed E-state index contributed by atoms with van der Waals surface area (Å²) in [6.07, 6.45) is 4.44. The summed E-state index contributed by atoms with van der Waals surface area (Å²) >= 11 is 0. The van der Waals surface area contributed by atoms with E-state index >= 15 is 0 Å². The van der Waals surface area contributed by atoms with E-state index in [1.54, 1.807) is 13.3 Å². The van der Waals surface area contributed by atoms with Crippen LogP contribution in [0.3, 0.4) is 0 Å². The van der Waals surface area contributed by atoms with Crippen LogP contribution < -0.4 is 19.8 Å². The molecule has 0 amide bonds. The number of rotatable bonds is 9. The molecule has 0 aliphatic carbocycles. The summed E-state index contributed by atoms with van der Waals surface area (Å²) in [5.41, 5.74) is 6.25. The van der Waals surface area contributed by atoms with Gasteiger partial charge in [-0.25, -0.2) is 0 Å². The Hall–Kier alpha value is -4.11. The molecule has 5 rings (SSSR count). The van der Waals surface area contributed by atoms with Crippen LogP contribution in [0.15, 0.2) is 65.9 Å². The second kappa shape index (κ2) is 10.9. The summed E-state index contributed by atoms with van der Waals surface area (Å²) in [6.45, 7) is 3.32. The summed E-state index contributed by atoms with van der Waals surface area (Å²) in [4.78, 5) is 14.6. The largest absolute Gasteiger partial charge is 0.497 e. The molecule has 2 aromatic carbocycles. The third-order valence-corrected chi connectivity index (χ3v) is 5.81. The van der Waals surface area contributed by atoms with Crippen molar-refractivity contribution in [1.82, 2.24) is 15.0 Å². The first-order chi connectivity index (χ1) is 17.3. The van der Waals surface area contributed by atoms with Crippen molar-refractivity contribution < 1.29 is 14.2 Å². The topological polar surface area (TPSA) is 96.9 Å². The van der Waals surface area contributed by atoms with Crippen LogP contribution in [0.2, 0.25) is 0 Å². The van der Waals surface area contributed by atoms with Crippen molar-refractivity contribution in [3.63, 3.8) is 0 Å². The molecule has 4 aromatic rings. The fourth-order valence-corrected chi connectivity index (χ4v) is 3.91. The van der Waals surface area contributed by atoms with Gasteiger partial charge < -0.3 is 24.1 Å². The van der Waals surface area contributed by atoms with Crippen molar-refractivity contribution in [1.29, 1.82) is 0 Å². The molecule has 9 heteroatoms. The lowest BCUT2D eigenvalue weighted by Crippen LogP contribution is -2.36. The Morgan fingerprint density at radius 1 is 1.11 bits per heavy atom. The highest BCUT2D eigenvalue weighted by atomic mass is 16.5. The first-order valence-electron chi connectivity index (χ1n) is 11.6. The normalized spacial score (nSPS) is 13.9. The zero-order valence-electron chi connectivity index (χ0n) is 19.6. The van der Waals surface area contributed by atoms with Crippen molar-refractivity contribution in [3.05, 3.63) is 71.9 Å². The molecule has 3 heterocycles. The van der Waals surface area contributed by atoms with Gasteiger partial charge in [-0.3, -0.25) is 5.43 Å². The Morgan fingerprint density at radius 2 is 1.94 bits per heavy atom. The number of hydrogen-bond donors (Lipinski definition) is 2. The Balaban J connectivity index is 1.29. The molecule has 1 aliphatic heterocycles. The van der Waals surface area contributed by atoms with Crippen LogP contribution in [0, 0.1) is 0 Å². The quantitative estimate of drug-likeness (QED) is 0.282. The molecule has 2 N–H and O–H groups in total. The summed E-state index contributed by atoms with van der Waals surface area (Å²) in [5, 5.41) is 5.52. The number of fused-ring (bicyclic) bond motifs is 1. The number of ether oxygens (including phenoxy) is 3. The monoisotopic (exact) mass is 472 g/mol. The second-order valence-electron chi connectivity index (χ2n) is 8.10. The van der Waals surface area contributed by atoms with Crippen LogP contribution in [-0.2, 0) is 11.2 Å². The van der Waals surface area contributed by atoms with Gasteiger partial charge in [0.25, 0.3) is 0 Å². The number of benzene rings is 2. The van der Waals surface area contributed by atoms with E-state index in [2.05, 4.69) is 36.4 Å². The number of anilines is 2. The van der Waals surface area contributed by atoms with Gasteiger partial charge in [0.05, 0.1) is 33.1 Å². The van der Waals surface area contributed by atoms with Gasteiger partial charge in [-0.2, -0.15) is 15.1 Å². The summed E-state index contributed by atoms with van der Waals surface area (Å²) in [5.74, 6) is 2.18. The van der Waals surface area contributed by atoms with Gasteiger partial charge in [0.2, 0.25) is 0 Å². The number of H-pyrrole nitrogens is 1. The molecule has 0 radical (unpaired) electrons. The van der Waals surface area contributed by atoms with Gasteiger partial charge in [0.1, 0.15) is 11.6 Å². The molecule has 1 saturated heterocycles. The predicted octanol–water partition coefficient (Wildman–Crippen LogP) is 3.87. The average Bonchev–Trinajstić information content (AvgIpc) is 3.33. The first-order valence-corrected chi connectivity index (χ1v) is 11.6. The number of aromatic amines is 1. The van der Waals surface area contributed by atoms with Crippen LogP contribution in [0.25, 0.3) is 10.9 Å². The van der Waals surface area contributed by atoms with Crippen LogP contribution in [0.5, 0.6) is 11.8 Å². The molecule has 0 saturated carbocycles. The van der Waals surface area contributed by atoms with E-state index in [0.717, 1.165) is 53.1 Å². The fraction of sp³-hybridized carbons (Fsp3) is 0.269. The molecular weight excluding hydrogens is 444 g/mol. The molecule has 35 heavy (non-hydrogen) atoms. The second-order valence-corrected chi connectivity index (χ2v) is 8.10. The summed E-state index contributed by atoms with van der Waals surface area (Å²) < 4.78 is 16.6. The number of para-hydroxylation sites is 1. The van der Waals surface area contributed by atoms with Crippen molar-refractivity contribution in [3.8, 4) is 11.8 Å². The van der Waals surface area contributed by atoms with E-state index in [0.29, 0.717) is 31.6 Å². The Kier molecular flexibility index (Phi) is 7.05. The minimum Gasteiger partial charge on any atom is -0.497 e. The molecule has 0 atom stereocenters. The van der Waals surface area contributed by atoms with Gasteiger partial charge in [0.15, 0.2) is 5.82 Å². The minimum absolute atomic E-state index is 0.312. The Bertz CT molecular complexity index is 1280. The number of nitrogens with zero attached hydrogens (tertiary/aromatic N) is 4. The number of methoxy groups -OCH3 is 1. The predicted molar refractivity (Wildman–Crippen MR) is 137 cm³/mol. The van der Waals surface area contributed by atoms with E-state index in [9.17, 15) is 0 Å². The van der Waals surface area contributed by atoms with Crippen LogP contribution >= 0.6 is 0 Å². The molecule has 1 fully saturated rings. The fourth-order valence-electron chi connectivity index (χ4n) is 3.91. The van der Waals surface area contributed by atoms with Crippen molar-refractivity contribution in [2.24, 2.45) is 5.10 Å². The summed E-state index contributed by atoms with van der Waals surface area (Å²) in [7, 11) is 1.66. The number of hydrazone groups is 1. The zero-order chi connectivity index (χ0) is 23.9. The van der Waals surface area contributed by atoms with E-state index in [-0.39, 0.29) is 0 Å². The molecule has 9 nitrogen and oxygen atoms in total. The van der Waals surface area contributed by atoms with E-state index in [1.165, 1.54) is 0 Å². The maximum atomic E-state index is 5.94. The van der Waals surface area contributed by atoms with Crippen molar-refractivity contribution in [2.75, 3.05) is 50.3 Å². The van der Waals surface area contributed by atoms with Gasteiger partial charge in [-0.15, -0.1) is 0 Å². The van der Waals surface area contributed by atoms with Crippen LogP contribution in [0.4, 0.5) is 11.6 Å². The highest BCUT2D eigenvalue weighted by molar-refractivity contribution is 5.99. The minimum atomic E-state index is 0.312. The smallest absolute Gasteiger partial charge is 0.320 e. The summed E-state index contributed by atoms with van der Waals surface area (Å²) in [6, 6.07) is 18.2. The number of morpholine rings is 1. The molecular formula is C26H28N6O3. The highest BCUT2D eigenvalue weighted by Gasteiger charge is 2.16. The van der Waals surface area contributed by atoms with E-state index in [4.69, 9.17) is 14.2 Å². The van der Waals surface area contributed by atoms with Crippen molar-refractivity contribution >= 4 is 28.8 Å². The number of nitrogens with one attached hydrogen (secondary N) is 2. The van der Waals surface area contributed by atoms with Gasteiger partial charge in [0, 0.05) is 48.2 Å². The lowest BCUT2D eigenvalue weighted by atomic mass is 10.1. The number of hydrogen-bond acceptors (Lipinski definition) is 8. The van der Waals surface area contributed by atoms with Gasteiger partial charge in [-0.05, 0) is 23.8 Å². The maximum Gasteiger partial charge on any atom is 0.320 e. The first kappa shape index (κ1) is 22.7. The van der Waals surface area contributed by atoms with Crippen LogP contribution in [-0.4, -0.2) is 61.2 Å². The van der Waals surface area contributed by atoms with Gasteiger partial charge in [-0.1, -0.05) is 30.3 Å². The standard InChI is InChI=1S/C26H28N6O3/c1-33-21-8-6-19(7-9-21)10-13-35-26-29-24(16-25(30-26)32-11-14-34-15-12-32)31-28-18-20-17-27-23-5-3-2-4-22(20)23/h2-9,16-18,27H,10-15H2,1H3,(H,29,30,31). The molecule has 1 aliphatic rings. The third-order valence-electron chi connectivity index (χ3n) is 5.81. The zero-order valence-corrected chi connectivity index (χ0v) is 19.6. The molecule has 0 unspecified atom stereocenters. The molecule has 2 aromatic heterocycles. The van der Waals surface area contributed by atoms with E-state index < -0.39 is 0 Å². The average molecular weight is 473 g/mol. The molecule has 0 spiro atoms. The lowest BCUT2D eigenvalue weighted by Gasteiger charge is -2.28. The number of aromatic nitrogens is 3. The highest BCUT2D eigenvalue weighted by Crippen LogP contribution is 2.21. The Labute approximate surface area is 203 Å². The van der Waals surface area contributed by atoms with Crippen LogP contribution in [0.1, 0.15) is 11.1 Å². The SMILES string of the molecule is COc1ccc(CCOc2nc(NN=Cc3c[nH]c4ccccc34)cc(N3CCOCC3)n2)cc1. The molecule has 180 valence electrons. The molecule has 0 bridgehead atoms.